The van der Waals surface area contributed by atoms with Crippen LogP contribution in [0.25, 0.3) is 5.70 Å². The third-order valence-corrected chi connectivity index (χ3v) is 3.44. The van der Waals surface area contributed by atoms with Crippen molar-refractivity contribution in [1.82, 2.24) is 10.4 Å². The lowest BCUT2D eigenvalue weighted by Gasteiger charge is -2.25. The summed E-state index contributed by atoms with van der Waals surface area (Å²) in [6.07, 6.45) is 3.73. The van der Waals surface area contributed by atoms with Crippen LogP contribution in [0.2, 0.25) is 0 Å². The van der Waals surface area contributed by atoms with Gasteiger partial charge in [0.1, 0.15) is 5.82 Å². The fraction of sp³-hybridized carbons (Fsp3) is 0.143. The van der Waals surface area contributed by atoms with Crippen LogP contribution in [0, 0.1) is 0 Å². The Bertz CT molecular complexity index is 669. The quantitative estimate of drug-likeness (QED) is 0.747. The molecule has 88 valence electrons. The third-order valence-electron chi connectivity index (χ3n) is 3.44. The van der Waals surface area contributed by atoms with Crippen molar-refractivity contribution in [1.29, 1.82) is 0 Å². The molecule has 3 aliphatic rings. The maximum Gasteiger partial charge on any atom is 0.197 e. The normalized spacial score (nSPS) is 24.1. The average molecular weight is 237 g/mol. The number of hydrogen-bond donors (Lipinski definition) is 1. The van der Waals surface area contributed by atoms with Crippen molar-refractivity contribution in [3.05, 3.63) is 52.9 Å². The number of fused-ring (bicyclic) bond motifs is 4. The molecule has 2 heterocycles. The number of nitrogens with zero attached hydrogens (tertiary/aromatic N) is 2. The molecule has 18 heavy (non-hydrogen) atoms. The first-order valence-electron chi connectivity index (χ1n) is 5.96. The van der Waals surface area contributed by atoms with E-state index in [1.807, 2.05) is 35.4 Å². The maximum atomic E-state index is 12.3. The van der Waals surface area contributed by atoms with Gasteiger partial charge in [-0.3, -0.25) is 9.80 Å². The molecule has 0 amide bonds. The van der Waals surface area contributed by atoms with Crippen molar-refractivity contribution in [2.75, 3.05) is 0 Å². The number of aliphatic imine (C=N–C) groups is 1. The van der Waals surface area contributed by atoms with Gasteiger partial charge < -0.3 is 0 Å². The first-order chi connectivity index (χ1) is 8.75. The molecule has 0 saturated carbocycles. The Kier molecular flexibility index (Phi) is 1.73. The summed E-state index contributed by atoms with van der Waals surface area (Å²) in [5, 5.41) is 1.92. The van der Waals surface area contributed by atoms with Gasteiger partial charge in [-0.1, -0.05) is 24.3 Å². The highest BCUT2D eigenvalue weighted by atomic mass is 16.1. The summed E-state index contributed by atoms with van der Waals surface area (Å²) in [5.74, 6) is 0.926. The number of carbonyl (C=O) groups is 1. The molecule has 0 aromatic heterocycles. The number of benzene rings is 1. The van der Waals surface area contributed by atoms with Gasteiger partial charge in [-0.05, 0) is 13.0 Å². The highest BCUT2D eigenvalue weighted by Gasteiger charge is 2.37. The van der Waals surface area contributed by atoms with Gasteiger partial charge in [-0.15, -0.1) is 0 Å². The number of carbonyl (C=O) groups excluding carboxylic acids is 1. The molecule has 0 fully saturated rings. The summed E-state index contributed by atoms with van der Waals surface area (Å²) in [7, 11) is 0. The van der Waals surface area contributed by atoms with E-state index in [0.29, 0.717) is 5.57 Å². The average Bonchev–Trinajstić information content (AvgIpc) is 2.88. The van der Waals surface area contributed by atoms with Gasteiger partial charge in [0.2, 0.25) is 0 Å². The van der Waals surface area contributed by atoms with E-state index in [2.05, 4.69) is 17.3 Å². The minimum Gasteiger partial charge on any atom is -0.288 e. The van der Waals surface area contributed by atoms with Crippen LogP contribution in [0.4, 0.5) is 0 Å². The molecule has 4 rings (SSSR count). The number of nitrogens with one attached hydrogen (secondary N) is 1. The summed E-state index contributed by atoms with van der Waals surface area (Å²) >= 11 is 0. The minimum absolute atomic E-state index is 0.0600. The predicted octanol–water partition coefficient (Wildman–Crippen LogP) is 1.73. The monoisotopic (exact) mass is 237 g/mol. The van der Waals surface area contributed by atoms with Crippen molar-refractivity contribution in [2.24, 2.45) is 4.99 Å². The Labute approximate surface area is 104 Å². The molecule has 4 heteroatoms. The van der Waals surface area contributed by atoms with Crippen molar-refractivity contribution in [3.63, 3.8) is 0 Å². The highest BCUT2D eigenvalue weighted by molar-refractivity contribution is 6.31. The molecule has 1 aromatic rings. The summed E-state index contributed by atoms with van der Waals surface area (Å²) in [4.78, 5) is 16.6. The molecule has 1 aromatic carbocycles. The van der Waals surface area contributed by atoms with Gasteiger partial charge in [0.05, 0.1) is 11.3 Å². The molecule has 1 aliphatic carbocycles. The fourth-order valence-electron chi connectivity index (χ4n) is 2.66. The molecule has 0 saturated heterocycles. The van der Waals surface area contributed by atoms with Gasteiger partial charge in [0.15, 0.2) is 5.78 Å². The van der Waals surface area contributed by atoms with E-state index in [0.717, 1.165) is 22.6 Å². The number of Topliss-reactive ketones (excluding diaryl/α,β-unsaturated/α-hetero) is 1. The molecular weight excluding hydrogens is 226 g/mol. The second-order valence-corrected chi connectivity index (χ2v) is 4.67. The molecular formula is C14H11N3O. The Morgan fingerprint density at radius 1 is 1.28 bits per heavy atom. The molecule has 2 aliphatic heterocycles. The van der Waals surface area contributed by atoms with Crippen molar-refractivity contribution >= 4 is 17.7 Å². The summed E-state index contributed by atoms with van der Waals surface area (Å²) in [5.41, 5.74) is 6.66. The lowest BCUT2D eigenvalue weighted by molar-refractivity contribution is 0.104. The van der Waals surface area contributed by atoms with Crippen molar-refractivity contribution in [2.45, 2.75) is 13.0 Å². The van der Waals surface area contributed by atoms with E-state index < -0.39 is 0 Å². The summed E-state index contributed by atoms with van der Waals surface area (Å²) < 4.78 is 0. The number of rotatable bonds is 0. The zero-order chi connectivity index (χ0) is 12.3. The van der Waals surface area contributed by atoms with E-state index >= 15 is 0 Å². The number of allylic oxidation sites excluding steroid dienone is 1. The smallest absolute Gasteiger partial charge is 0.197 e. The van der Waals surface area contributed by atoms with Crippen LogP contribution in [0.3, 0.4) is 0 Å². The number of hydrazine groups is 1. The molecule has 1 atom stereocenters. The molecule has 0 spiro atoms. The van der Waals surface area contributed by atoms with Crippen LogP contribution in [-0.4, -0.2) is 23.0 Å². The minimum atomic E-state index is 0.0600. The third kappa shape index (κ3) is 1.08. The highest BCUT2D eigenvalue weighted by Crippen LogP contribution is 2.39. The largest absolute Gasteiger partial charge is 0.288 e. The zero-order valence-electron chi connectivity index (χ0n) is 9.84. The Morgan fingerprint density at radius 2 is 2.06 bits per heavy atom. The van der Waals surface area contributed by atoms with Gasteiger partial charge in [0, 0.05) is 23.4 Å². The van der Waals surface area contributed by atoms with Crippen LogP contribution in [0.15, 0.2) is 46.7 Å². The van der Waals surface area contributed by atoms with Crippen molar-refractivity contribution in [3.8, 4) is 0 Å². The van der Waals surface area contributed by atoms with Gasteiger partial charge in [0.25, 0.3) is 0 Å². The summed E-state index contributed by atoms with van der Waals surface area (Å²) in [6, 6.07) is 7.93. The van der Waals surface area contributed by atoms with E-state index in [9.17, 15) is 4.79 Å². The van der Waals surface area contributed by atoms with Gasteiger partial charge in [-0.2, -0.15) is 0 Å². The van der Waals surface area contributed by atoms with E-state index in [-0.39, 0.29) is 11.8 Å². The second kappa shape index (κ2) is 3.17. The zero-order valence-corrected chi connectivity index (χ0v) is 9.84. The Balaban J connectivity index is 1.95. The predicted molar refractivity (Wildman–Crippen MR) is 68.7 cm³/mol. The van der Waals surface area contributed by atoms with E-state index in [1.165, 1.54) is 0 Å². The standard InChI is InChI=1S/C14H11N3O/c1-8-6-12-15-7-11-13(17(12)16-8)9-4-2-3-5-10(9)14(11)18/h2-8,16H,1H3. The topological polar surface area (TPSA) is 44.7 Å². The lowest BCUT2D eigenvalue weighted by Crippen LogP contribution is -2.35. The maximum absolute atomic E-state index is 12.3. The Morgan fingerprint density at radius 3 is 2.89 bits per heavy atom. The van der Waals surface area contributed by atoms with Crippen LogP contribution in [0.5, 0.6) is 0 Å². The molecule has 1 N–H and O–H groups in total. The van der Waals surface area contributed by atoms with Crippen LogP contribution >= 0.6 is 0 Å². The molecule has 4 nitrogen and oxygen atoms in total. The van der Waals surface area contributed by atoms with Gasteiger partial charge >= 0.3 is 0 Å². The SMILES string of the molecule is CC1C=C2N=CC3=C(c4ccccc4C3=O)N2N1. The molecule has 0 bridgehead atoms. The van der Waals surface area contributed by atoms with Crippen molar-refractivity contribution < 1.29 is 4.79 Å². The Hall–Kier alpha value is -2.20. The van der Waals surface area contributed by atoms with Crippen LogP contribution < -0.4 is 5.43 Å². The van der Waals surface area contributed by atoms with E-state index in [4.69, 9.17) is 0 Å². The van der Waals surface area contributed by atoms with Crippen LogP contribution in [-0.2, 0) is 0 Å². The number of hydrogen-bond acceptors (Lipinski definition) is 4. The summed E-state index contributed by atoms with van der Waals surface area (Å²) in [6.45, 7) is 2.06. The fourth-order valence-corrected chi connectivity index (χ4v) is 2.66. The van der Waals surface area contributed by atoms with E-state index in [1.54, 1.807) is 6.21 Å². The second-order valence-electron chi connectivity index (χ2n) is 4.67. The first kappa shape index (κ1) is 9.79. The molecule has 1 unspecified atom stereocenters. The lowest BCUT2D eigenvalue weighted by atomic mass is 10.1. The first-order valence-corrected chi connectivity index (χ1v) is 5.96. The number of ketones is 1. The molecule has 0 radical (unpaired) electrons. The van der Waals surface area contributed by atoms with Crippen LogP contribution in [0.1, 0.15) is 22.8 Å². The van der Waals surface area contributed by atoms with Gasteiger partial charge in [-0.25, -0.2) is 10.4 Å².